The summed E-state index contributed by atoms with van der Waals surface area (Å²) in [5, 5.41) is 3.63. The summed E-state index contributed by atoms with van der Waals surface area (Å²) in [5.74, 6) is 0.916. The Hall–Kier alpha value is -1.80. The zero-order chi connectivity index (χ0) is 14.2. The third kappa shape index (κ3) is 4.10. The van der Waals surface area contributed by atoms with Crippen molar-refractivity contribution >= 4 is 0 Å². The van der Waals surface area contributed by atoms with Gasteiger partial charge < -0.3 is 10.1 Å². The van der Waals surface area contributed by atoms with E-state index in [0.29, 0.717) is 6.04 Å². The second-order valence-corrected chi connectivity index (χ2v) is 4.97. The standard InChI is InChI=1S/C18H23NO/c1-3-12-19-18(13-15-8-5-4-6-9-15)16-10-7-11-17(14-16)20-2/h4-11,14,18-19H,3,12-13H2,1-2H3. The van der Waals surface area contributed by atoms with Crippen LogP contribution < -0.4 is 10.1 Å². The first-order chi connectivity index (χ1) is 9.83. The van der Waals surface area contributed by atoms with E-state index in [-0.39, 0.29) is 0 Å². The molecule has 0 bridgehead atoms. The molecule has 0 aromatic heterocycles. The lowest BCUT2D eigenvalue weighted by Crippen LogP contribution is -2.24. The molecule has 2 heteroatoms. The van der Waals surface area contributed by atoms with E-state index in [2.05, 4.69) is 60.8 Å². The molecule has 0 fully saturated rings. The van der Waals surface area contributed by atoms with Gasteiger partial charge in [-0.15, -0.1) is 0 Å². The maximum Gasteiger partial charge on any atom is 0.119 e. The molecule has 0 aliphatic rings. The summed E-state index contributed by atoms with van der Waals surface area (Å²) >= 11 is 0. The van der Waals surface area contributed by atoms with Crippen molar-refractivity contribution in [2.75, 3.05) is 13.7 Å². The lowest BCUT2D eigenvalue weighted by Gasteiger charge is -2.20. The number of ether oxygens (including phenoxy) is 1. The van der Waals surface area contributed by atoms with E-state index in [0.717, 1.165) is 25.1 Å². The van der Waals surface area contributed by atoms with Crippen LogP contribution in [0, 0.1) is 0 Å². The van der Waals surface area contributed by atoms with Crippen molar-refractivity contribution in [1.82, 2.24) is 5.32 Å². The SMILES string of the molecule is CCCNC(Cc1ccccc1)c1cccc(OC)c1. The molecule has 2 aromatic carbocycles. The van der Waals surface area contributed by atoms with Crippen LogP contribution in [0.4, 0.5) is 0 Å². The number of methoxy groups -OCH3 is 1. The third-order valence-electron chi connectivity index (χ3n) is 3.42. The summed E-state index contributed by atoms with van der Waals surface area (Å²) in [4.78, 5) is 0. The monoisotopic (exact) mass is 269 g/mol. The van der Waals surface area contributed by atoms with Gasteiger partial charge in [0, 0.05) is 6.04 Å². The number of nitrogens with one attached hydrogen (secondary N) is 1. The summed E-state index contributed by atoms with van der Waals surface area (Å²) in [6, 6.07) is 19.3. The molecule has 0 aliphatic carbocycles. The van der Waals surface area contributed by atoms with Crippen LogP contribution in [0.5, 0.6) is 5.75 Å². The van der Waals surface area contributed by atoms with Crippen LogP contribution in [0.15, 0.2) is 54.6 Å². The quantitative estimate of drug-likeness (QED) is 0.821. The first-order valence-corrected chi connectivity index (χ1v) is 7.24. The molecule has 20 heavy (non-hydrogen) atoms. The minimum absolute atomic E-state index is 0.326. The largest absolute Gasteiger partial charge is 0.497 e. The van der Waals surface area contributed by atoms with Gasteiger partial charge in [-0.25, -0.2) is 0 Å². The van der Waals surface area contributed by atoms with Crippen LogP contribution in [0.2, 0.25) is 0 Å². The first kappa shape index (κ1) is 14.6. The van der Waals surface area contributed by atoms with Crippen LogP contribution in [-0.4, -0.2) is 13.7 Å². The summed E-state index contributed by atoms with van der Waals surface area (Å²) in [7, 11) is 1.71. The summed E-state index contributed by atoms with van der Waals surface area (Å²) in [6.07, 6.45) is 2.13. The lowest BCUT2D eigenvalue weighted by molar-refractivity contribution is 0.412. The van der Waals surface area contributed by atoms with Crippen LogP contribution in [0.3, 0.4) is 0 Å². The Morgan fingerprint density at radius 1 is 1.05 bits per heavy atom. The second kappa shape index (κ2) is 7.71. The van der Waals surface area contributed by atoms with Crippen molar-refractivity contribution < 1.29 is 4.74 Å². The predicted molar refractivity (Wildman–Crippen MR) is 84.2 cm³/mol. The van der Waals surface area contributed by atoms with Gasteiger partial charge in [-0.3, -0.25) is 0 Å². The highest BCUT2D eigenvalue weighted by molar-refractivity contribution is 5.32. The molecular weight excluding hydrogens is 246 g/mol. The fraction of sp³-hybridized carbons (Fsp3) is 0.333. The molecule has 0 heterocycles. The van der Waals surface area contributed by atoms with Crippen LogP contribution in [0.25, 0.3) is 0 Å². The van der Waals surface area contributed by atoms with Gasteiger partial charge in [0.2, 0.25) is 0 Å². The Kier molecular flexibility index (Phi) is 5.63. The van der Waals surface area contributed by atoms with Gasteiger partial charge in [-0.2, -0.15) is 0 Å². The van der Waals surface area contributed by atoms with E-state index in [1.807, 2.05) is 6.07 Å². The van der Waals surface area contributed by atoms with Crippen molar-refractivity contribution in [3.8, 4) is 5.75 Å². The molecule has 0 radical (unpaired) electrons. The van der Waals surface area contributed by atoms with Crippen molar-refractivity contribution in [2.45, 2.75) is 25.8 Å². The maximum atomic E-state index is 5.33. The molecule has 1 N–H and O–H groups in total. The molecule has 2 nitrogen and oxygen atoms in total. The molecule has 0 saturated heterocycles. The first-order valence-electron chi connectivity index (χ1n) is 7.24. The minimum Gasteiger partial charge on any atom is -0.497 e. The average Bonchev–Trinajstić information content (AvgIpc) is 2.52. The van der Waals surface area contributed by atoms with E-state index in [9.17, 15) is 0 Å². The van der Waals surface area contributed by atoms with Gasteiger partial charge in [0.25, 0.3) is 0 Å². The smallest absolute Gasteiger partial charge is 0.119 e. The van der Waals surface area contributed by atoms with Gasteiger partial charge >= 0.3 is 0 Å². The molecule has 0 amide bonds. The molecule has 1 atom stereocenters. The Morgan fingerprint density at radius 2 is 1.85 bits per heavy atom. The number of hydrogen-bond donors (Lipinski definition) is 1. The van der Waals surface area contributed by atoms with E-state index in [1.54, 1.807) is 7.11 Å². The van der Waals surface area contributed by atoms with Crippen molar-refractivity contribution in [2.24, 2.45) is 0 Å². The van der Waals surface area contributed by atoms with Gasteiger partial charge in [0.1, 0.15) is 5.75 Å². The van der Waals surface area contributed by atoms with Crippen LogP contribution in [0.1, 0.15) is 30.5 Å². The summed E-state index contributed by atoms with van der Waals surface area (Å²) in [6.45, 7) is 3.22. The highest BCUT2D eigenvalue weighted by atomic mass is 16.5. The summed E-state index contributed by atoms with van der Waals surface area (Å²) < 4.78 is 5.33. The molecular formula is C18H23NO. The molecule has 2 rings (SSSR count). The van der Waals surface area contributed by atoms with Crippen LogP contribution >= 0.6 is 0 Å². The molecule has 0 aliphatic heterocycles. The van der Waals surface area contributed by atoms with E-state index >= 15 is 0 Å². The Labute approximate surface area is 121 Å². The van der Waals surface area contributed by atoms with Gasteiger partial charge in [-0.1, -0.05) is 49.4 Å². The molecule has 0 spiro atoms. The zero-order valence-electron chi connectivity index (χ0n) is 12.3. The van der Waals surface area contributed by atoms with Gasteiger partial charge in [0.15, 0.2) is 0 Å². The fourth-order valence-corrected chi connectivity index (χ4v) is 2.33. The zero-order valence-corrected chi connectivity index (χ0v) is 12.3. The molecule has 2 aromatic rings. The summed E-state index contributed by atoms with van der Waals surface area (Å²) in [5.41, 5.74) is 2.63. The number of hydrogen-bond acceptors (Lipinski definition) is 2. The Balaban J connectivity index is 2.17. The van der Waals surface area contributed by atoms with E-state index in [1.165, 1.54) is 11.1 Å². The fourth-order valence-electron chi connectivity index (χ4n) is 2.33. The lowest BCUT2D eigenvalue weighted by atomic mass is 9.98. The Bertz CT molecular complexity index is 510. The number of benzene rings is 2. The second-order valence-electron chi connectivity index (χ2n) is 4.97. The van der Waals surface area contributed by atoms with Crippen LogP contribution in [-0.2, 0) is 6.42 Å². The van der Waals surface area contributed by atoms with Crippen molar-refractivity contribution in [3.05, 3.63) is 65.7 Å². The van der Waals surface area contributed by atoms with Gasteiger partial charge in [0.05, 0.1) is 7.11 Å². The predicted octanol–water partition coefficient (Wildman–Crippen LogP) is 3.98. The van der Waals surface area contributed by atoms with Crippen molar-refractivity contribution in [3.63, 3.8) is 0 Å². The number of rotatable bonds is 7. The van der Waals surface area contributed by atoms with E-state index in [4.69, 9.17) is 4.74 Å². The minimum atomic E-state index is 0.326. The van der Waals surface area contributed by atoms with Gasteiger partial charge in [-0.05, 0) is 42.6 Å². The third-order valence-corrected chi connectivity index (χ3v) is 3.42. The average molecular weight is 269 g/mol. The highest BCUT2D eigenvalue weighted by Crippen LogP contribution is 2.22. The van der Waals surface area contributed by atoms with E-state index < -0.39 is 0 Å². The molecule has 106 valence electrons. The Morgan fingerprint density at radius 3 is 2.55 bits per heavy atom. The maximum absolute atomic E-state index is 5.33. The highest BCUT2D eigenvalue weighted by Gasteiger charge is 2.12. The molecule has 0 saturated carbocycles. The normalized spacial score (nSPS) is 12.1. The molecule has 1 unspecified atom stereocenters. The van der Waals surface area contributed by atoms with Crippen molar-refractivity contribution in [1.29, 1.82) is 0 Å². The topological polar surface area (TPSA) is 21.3 Å².